The second-order valence-corrected chi connectivity index (χ2v) is 3.97. The predicted octanol–water partition coefficient (Wildman–Crippen LogP) is 2.35. The number of ketones is 1. The Morgan fingerprint density at radius 2 is 2.12 bits per heavy atom. The molecule has 0 bridgehead atoms. The van der Waals surface area contributed by atoms with E-state index in [-0.39, 0.29) is 11.6 Å². The Labute approximate surface area is 98.9 Å². The zero-order valence-corrected chi connectivity index (χ0v) is 9.77. The number of Topliss-reactive ketones (excluding diaryl/α,β-unsaturated/α-hetero) is 1. The van der Waals surface area contributed by atoms with Crippen LogP contribution in [0.3, 0.4) is 0 Å². The van der Waals surface area contributed by atoms with Crippen molar-refractivity contribution in [2.45, 2.75) is 13.3 Å². The second-order valence-electron chi connectivity index (χ2n) is 3.97. The molecule has 0 aliphatic heterocycles. The van der Waals surface area contributed by atoms with Gasteiger partial charge in [0.15, 0.2) is 5.78 Å². The summed E-state index contributed by atoms with van der Waals surface area (Å²) < 4.78 is 15.0. The van der Waals surface area contributed by atoms with E-state index < -0.39 is 0 Å². The average molecular weight is 232 g/mol. The first-order valence-electron chi connectivity index (χ1n) is 5.35. The Hall–Kier alpha value is -1.97. The van der Waals surface area contributed by atoms with Gasteiger partial charge >= 0.3 is 0 Å². The van der Waals surface area contributed by atoms with Gasteiger partial charge in [-0.3, -0.25) is 9.48 Å². The molecule has 4 heteroatoms. The van der Waals surface area contributed by atoms with Crippen LogP contribution in [-0.2, 0) is 13.5 Å². The predicted molar refractivity (Wildman–Crippen MR) is 62.4 cm³/mol. The molecule has 2 aromatic rings. The third-order valence-electron chi connectivity index (χ3n) is 2.62. The van der Waals surface area contributed by atoms with Crippen molar-refractivity contribution in [3.05, 3.63) is 53.1 Å². The van der Waals surface area contributed by atoms with E-state index in [0.29, 0.717) is 23.4 Å². The van der Waals surface area contributed by atoms with E-state index in [2.05, 4.69) is 5.10 Å². The SMILES string of the molecule is CC(=O)c1cc(Cc2ccccc2F)nn1C. The molecule has 0 saturated carbocycles. The highest BCUT2D eigenvalue weighted by Crippen LogP contribution is 2.13. The van der Waals surface area contributed by atoms with Gasteiger partial charge in [-0.15, -0.1) is 0 Å². The highest BCUT2D eigenvalue weighted by Gasteiger charge is 2.10. The summed E-state index contributed by atoms with van der Waals surface area (Å²) in [7, 11) is 1.71. The number of carbonyl (C=O) groups is 1. The van der Waals surface area contributed by atoms with Crippen LogP contribution < -0.4 is 0 Å². The first-order chi connectivity index (χ1) is 8.08. The molecule has 0 N–H and O–H groups in total. The number of rotatable bonds is 3. The Morgan fingerprint density at radius 3 is 2.71 bits per heavy atom. The van der Waals surface area contributed by atoms with Crippen LogP contribution in [-0.4, -0.2) is 15.6 Å². The molecule has 1 heterocycles. The van der Waals surface area contributed by atoms with E-state index in [1.165, 1.54) is 17.7 Å². The number of carbonyl (C=O) groups excluding carboxylic acids is 1. The van der Waals surface area contributed by atoms with Crippen molar-refractivity contribution in [1.29, 1.82) is 0 Å². The van der Waals surface area contributed by atoms with Gasteiger partial charge in [-0.25, -0.2) is 4.39 Å². The topological polar surface area (TPSA) is 34.9 Å². The van der Waals surface area contributed by atoms with E-state index >= 15 is 0 Å². The normalized spacial score (nSPS) is 10.5. The summed E-state index contributed by atoms with van der Waals surface area (Å²) in [6.07, 6.45) is 0.397. The Balaban J connectivity index is 2.28. The lowest BCUT2D eigenvalue weighted by Gasteiger charge is -1.99. The molecule has 2 rings (SSSR count). The number of hydrogen-bond acceptors (Lipinski definition) is 2. The zero-order chi connectivity index (χ0) is 12.4. The standard InChI is InChI=1S/C13H13FN2O/c1-9(17)13-8-11(15-16(13)2)7-10-5-3-4-6-12(10)14/h3-6,8H,7H2,1-2H3. The largest absolute Gasteiger partial charge is 0.293 e. The molecular formula is C13H13FN2O. The van der Waals surface area contributed by atoms with Crippen LogP contribution in [0.2, 0.25) is 0 Å². The minimum Gasteiger partial charge on any atom is -0.293 e. The third kappa shape index (κ3) is 2.41. The summed E-state index contributed by atoms with van der Waals surface area (Å²) in [5.41, 5.74) is 1.82. The van der Waals surface area contributed by atoms with Crippen molar-refractivity contribution in [2.75, 3.05) is 0 Å². The van der Waals surface area contributed by atoms with Crippen molar-refractivity contribution in [1.82, 2.24) is 9.78 Å². The molecule has 17 heavy (non-hydrogen) atoms. The summed E-state index contributed by atoms with van der Waals surface area (Å²) in [6, 6.07) is 8.28. The van der Waals surface area contributed by atoms with Gasteiger partial charge in [0.1, 0.15) is 11.5 Å². The van der Waals surface area contributed by atoms with E-state index in [9.17, 15) is 9.18 Å². The molecule has 3 nitrogen and oxygen atoms in total. The first-order valence-corrected chi connectivity index (χ1v) is 5.35. The van der Waals surface area contributed by atoms with Crippen LogP contribution in [0.25, 0.3) is 0 Å². The van der Waals surface area contributed by atoms with Crippen LogP contribution >= 0.6 is 0 Å². The molecule has 0 spiro atoms. The molecule has 0 fully saturated rings. The molecule has 1 aromatic carbocycles. The van der Waals surface area contributed by atoms with Crippen LogP contribution in [0, 0.1) is 5.82 Å². The molecule has 0 unspecified atom stereocenters. The van der Waals surface area contributed by atoms with Crippen LogP contribution in [0.5, 0.6) is 0 Å². The fourth-order valence-electron chi connectivity index (χ4n) is 1.78. The van der Waals surface area contributed by atoms with Crippen molar-refractivity contribution >= 4 is 5.78 Å². The minimum absolute atomic E-state index is 0.0419. The Morgan fingerprint density at radius 1 is 1.41 bits per heavy atom. The van der Waals surface area contributed by atoms with Gasteiger partial charge in [0.25, 0.3) is 0 Å². The van der Waals surface area contributed by atoms with Crippen LogP contribution in [0.1, 0.15) is 28.7 Å². The summed E-state index contributed by atoms with van der Waals surface area (Å²) in [6.45, 7) is 1.49. The quantitative estimate of drug-likeness (QED) is 0.761. The van der Waals surface area contributed by atoms with Gasteiger partial charge in [-0.1, -0.05) is 18.2 Å². The molecule has 0 aliphatic carbocycles. The smallest absolute Gasteiger partial charge is 0.177 e. The lowest BCUT2D eigenvalue weighted by atomic mass is 10.1. The van der Waals surface area contributed by atoms with Gasteiger partial charge in [0.2, 0.25) is 0 Å². The molecule has 0 aliphatic rings. The van der Waals surface area contributed by atoms with Gasteiger partial charge in [-0.05, 0) is 17.7 Å². The molecule has 0 radical (unpaired) electrons. The highest BCUT2D eigenvalue weighted by atomic mass is 19.1. The van der Waals surface area contributed by atoms with Crippen molar-refractivity contribution in [3.63, 3.8) is 0 Å². The van der Waals surface area contributed by atoms with Crippen molar-refractivity contribution in [3.8, 4) is 0 Å². The van der Waals surface area contributed by atoms with Crippen molar-refractivity contribution < 1.29 is 9.18 Å². The summed E-state index contributed by atoms with van der Waals surface area (Å²) >= 11 is 0. The molecular weight excluding hydrogens is 219 g/mol. The fraction of sp³-hybridized carbons (Fsp3) is 0.231. The number of benzene rings is 1. The average Bonchev–Trinajstić information content (AvgIpc) is 2.63. The van der Waals surface area contributed by atoms with Crippen molar-refractivity contribution in [2.24, 2.45) is 7.05 Å². The maximum atomic E-state index is 13.4. The van der Waals surface area contributed by atoms with Gasteiger partial charge in [0, 0.05) is 20.4 Å². The monoisotopic (exact) mass is 232 g/mol. The highest BCUT2D eigenvalue weighted by molar-refractivity contribution is 5.92. The van der Waals surface area contributed by atoms with E-state index in [1.807, 2.05) is 0 Å². The maximum Gasteiger partial charge on any atom is 0.177 e. The van der Waals surface area contributed by atoms with Gasteiger partial charge in [-0.2, -0.15) is 5.10 Å². The Kier molecular flexibility index (Phi) is 3.04. The molecule has 0 amide bonds. The third-order valence-corrected chi connectivity index (χ3v) is 2.62. The molecule has 0 saturated heterocycles. The van der Waals surface area contributed by atoms with E-state index in [4.69, 9.17) is 0 Å². The summed E-state index contributed by atoms with van der Waals surface area (Å²) in [4.78, 5) is 11.3. The Bertz CT molecular complexity index is 560. The molecule has 1 aromatic heterocycles. The van der Waals surface area contributed by atoms with E-state index in [0.717, 1.165) is 0 Å². The first kappa shape index (κ1) is 11.5. The molecule has 0 atom stereocenters. The minimum atomic E-state index is -0.248. The zero-order valence-electron chi connectivity index (χ0n) is 9.77. The van der Waals surface area contributed by atoms with E-state index in [1.54, 1.807) is 31.3 Å². The molecule has 88 valence electrons. The van der Waals surface area contributed by atoms with Gasteiger partial charge in [0.05, 0.1) is 5.69 Å². The summed E-state index contributed by atoms with van der Waals surface area (Å²) in [5, 5.41) is 4.20. The van der Waals surface area contributed by atoms with Crippen LogP contribution in [0.4, 0.5) is 4.39 Å². The number of aryl methyl sites for hydroxylation is 1. The number of aromatic nitrogens is 2. The lowest BCUT2D eigenvalue weighted by Crippen LogP contribution is -2.02. The summed E-state index contributed by atoms with van der Waals surface area (Å²) in [5.74, 6) is -0.290. The lowest BCUT2D eigenvalue weighted by molar-refractivity contribution is 0.100. The second kappa shape index (κ2) is 4.49. The van der Waals surface area contributed by atoms with Crippen LogP contribution in [0.15, 0.2) is 30.3 Å². The van der Waals surface area contributed by atoms with Gasteiger partial charge < -0.3 is 0 Å². The number of hydrogen-bond donors (Lipinski definition) is 0. The number of halogens is 1. The maximum absolute atomic E-state index is 13.4. The number of nitrogens with zero attached hydrogens (tertiary/aromatic N) is 2. The fourth-order valence-corrected chi connectivity index (χ4v) is 1.78.